The SMILES string of the molecule is Cc1ccc([C@@H](C)NCCCS(=O)(=O)Cc2ccccc2)cc1C. The van der Waals surface area contributed by atoms with Gasteiger partial charge in [0.2, 0.25) is 0 Å². The summed E-state index contributed by atoms with van der Waals surface area (Å²) in [5, 5.41) is 3.42. The van der Waals surface area contributed by atoms with Crippen molar-refractivity contribution < 1.29 is 8.42 Å². The molecule has 0 radical (unpaired) electrons. The fourth-order valence-corrected chi connectivity index (χ4v) is 4.09. The Bertz CT molecular complexity index is 754. The van der Waals surface area contributed by atoms with E-state index in [1.54, 1.807) is 0 Å². The maximum Gasteiger partial charge on any atom is 0.154 e. The predicted molar refractivity (Wildman–Crippen MR) is 101 cm³/mol. The molecule has 0 aliphatic rings. The smallest absolute Gasteiger partial charge is 0.154 e. The van der Waals surface area contributed by atoms with Crippen molar-refractivity contribution >= 4 is 9.84 Å². The predicted octanol–water partition coefficient (Wildman–Crippen LogP) is 3.96. The summed E-state index contributed by atoms with van der Waals surface area (Å²) in [5.41, 5.74) is 4.67. The van der Waals surface area contributed by atoms with Crippen LogP contribution in [0.5, 0.6) is 0 Å². The van der Waals surface area contributed by atoms with Gasteiger partial charge in [0.1, 0.15) is 0 Å². The molecular formula is C20H27NO2S. The molecule has 2 rings (SSSR count). The Kier molecular flexibility index (Phi) is 6.58. The van der Waals surface area contributed by atoms with Crippen molar-refractivity contribution in [2.45, 2.75) is 39.0 Å². The van der Waals surface area contributed by atoms with Crippen molar-refractivity contribution in [1.82, 2.24) is 5.32 Å². The van der Waals surface area contributed by atoms with E-state index >= 15 is 0 Å². The second kappa shape index (κ2) is 8.45. The van der Waals surface area contributed by atoms with Crippen LogP contribution in [0.15, 0.2) is 48.5 Å². The van der Waals surface area contributed by atoms with Gasteiger partial charge in [-0.15, -0.1) is 0 Å². The molecule has 4 heteroatoms. The van der Waals surface area contributed by atoms with E-state index in [2.05, 4.69) is 44.3 Å². The molecule has 130 valence electrons. The van der Waals surface area contributed by atoms with E-state index in [0.29, 0.717) is 13.0 Å². The van der Waals surface area contributed by atoms with Crippen LogP contribution in [0, 0.1) is 13.8 Å². The van der Waals surface area contributed by atoms with Crippen molar-refractivity contribution in [3.05, 3.63) is 70.8 Å². The maximum atomic E-state index is 12.2. The first-order valence-electron chi connectivity index (χ1n) is 8.42. The third kappa shape index (κ3) is 5.77. The Morgan fingerprint density at radius 3 is 2.38 bits per heavy atom. The summed E-state index contributed by atoms with van der Waals surface area (Å²) in [4.78, 5) is 0. The van der Waals surface area contributed by atoms with Crippen LogP contribution in [0.2, 0.25) is 0 Å². The van der Waals surface area contributed by atoms with E-state index < -0.39 is 9.84 Å². The molecule has 2 aromatic rings. The highest BCUT2D eigenvalue weighted by atomic mass is 32.2. The Balaban J connectivity index is 1.78. The lowest BCUT2D eigenvalue weighted by Gasteiger charge is -2.15. The molecule has 1 N–H and O–H groups in total. The van der Waals surface area contributed by atoms with Gasteiger partial charge in [-0.05, 0) is 56.0 Å². The van der Waals surface area contributed by atoms with Crippen molar-refractivity contribution in [2.75, 3.05) is 12.3 Å². The molecule has 0 unspecified atom stereocenters. The van der Waals surface area contributed by atoms with Gasteiger partial charge in [-0.25, -0.2) is 8.42 Å². The molecular weight excluding hydrogens is 318 g/mol. The molecule has 0 aliphatic carbocycles. The summed E-state index contributed by atoms with van der Waals surface area (Å²) >= 11 is 0. The highest BCUT2D eigenvalue weighted by Crippen LogP contribution is 2.16. The van der Waals surface area contributed by atoms with Gasteiger partial charge in [0.05, 0.1) is 11.5 Å². The average Bonchev–Trinajstić information content (AvgIpc) is 2.54. The molecule has 0 saturated heterocycles. The fraction of sp³-hybridized carbons (Fsp3) is 0.400. The molecule has 0 spiro atoms. The summed E-state index contributed by atoms with van der Waals surface area (Å²) in [6.07, 6.45) is 0.629. The molecule has 24 heavy (non-hydrogen) atoms. The van der Waals surface area contributed by atoms with Gasteiger partial charge in [0, 0.05) is 6.04 Å². The minimum atomic E-state index is -3.05. The first kappa shape index (κ1) is 18.7. The van der Waals surface area contributed by atoms with E-state index in [-0.39, 0.29) is 17.5 Å². The first-order valence-corrected chi connectivity index (χ1v) is 10.2. The zero-order valence-corrected chi connectivity index (χ0v) is 15.6. The number of sulfone groups is 1. The van der Waals surface area contributed by atoms with Crippen LogP contribution in [-0.4, -0.2) is 20.7 Å². The van der Waals surface area contributed by atoms with Gasteiger partial charge in [-0.3, -0.25) is 0 Å². The Labute approximate surface area is 146 Å². The van der Waals surface area contributed by atoms with Crippen LogP contribution in [0.3, 0.4) is 0 Å². The molecule has 0 saturated carbocycles. The van der Waals surface area contributed by atoms with E-state index in [1.165, 1.54) is 16.7 Å². The van der Waals surface area contributed by atoms with Crippen molar-refractivity contribution in [3.63, 3.8) is 0 Å². The minimum absolute atomic E-state index is 0.126. The molecule has 0 bridgehead atoms. The van der Waals surface area contributed by atoms with E-state index in [4.69, 9.17) is 0 Å². The van der Waals surface area contributed by atoms with Crippen molar-refractivity contribution in [2.24, 2.45) is 0 Å². The van der Waals surface area contributed by atoms with E-state index in [9.17, 15) is 8.42 Å². The first-order chi connectivity index (χ1) is 11.4. The van der Waals surface area contributed by atoms with Gasteiger partial charge < -0.3 is 5.32 Å². The topological polar surface area (TPSA) is 46.2 Å². The summed E-state index contributed by atoms with van der Waals surface area (Å²) in [7, 11) is -3.05. The second-order valence-electron chi connectivity index (χ2n) is 6.45. The lowest BCUT2D eigenvalue weighted by atomic mass is 10.0. The van der Waals surface area contributed by atoms with Crippen LogP contribution >= 0.6 is 0 Å². The number of hydrogen-bond acceptors (Lipinski definition) is 3. The fourth-order valence-electron chi connectivity index (χ4n) is 2.66. The standard InChI is InChI=1S/C20H27NO2S/c1-16-10-11-20(14-17(16)2)18(3)21-12-7-13-24(22,23)15-19-8-5-4-6-9-19/h4-6,8-11,14,18,21H,7,12-13,15H2,1-3H3/t18-/m1/s1. The van der Waals surface area contributed by atoms with Gasteiger partial charge >= 0.3 is 0 Å². The van der Waals surface area contributed by atoms with Crippen LogP contribution in [0.25, 0.3) is 0 Å². The second-order valence-corrected chi connectivity index (χ2v) is 8.63. The van der Waals surface area contributed by atoms with Crippen LogP contribution in [0.4, 0.5) is 0 Å². The monoisotopic (exact) mass is 345 g/mol. The lowest BCUT2D eigenvalue weighted by Crippen LogP contribution is -2.22. The Morgan fingerprint density at radius 1 is 1.00 bits per heavy atom. The third-order valence-corrected chi connectivity index (χ3v) is 6.03. The minimum Gasteiger partial charge on any atom is -0.310 e. The zero-order chi connectivity index (χ0) is 17.6. The molecule has 1 atom stereocenters. The van der Waals surface area contributed by atoms with Crippen molar-refractivity contribution in [1.29, 1.82) is 0 Å². The maximum absolute atomic E-state index is 12.2. The molecule has 0 aliphatic heterocycles. The molecule has 0 heterocycles. The van der Waals surface area contributed by atoms with Gasteiger partial charge in [0.25, 0.3) is 0 Å². The lowest BCUT2D eigenvalue weighted by molar-refractivity contribution is 0.559. The van der Waals surface area contributed by atoms with Crippen molar-refractivity contribution in [3.8, 4) is 0 Å². The van der Waals surface area contributed by atoms with Crippen LogP contribution in [0.1, 0.15) is 41.6 Å². The highest BCUT2D eigenvalue weighted by Gasteiger charge is 2.12. The summed E-state index contributed by atoms with van der Waals surface area (Å²) in [5.74, 6) is 0.342. The number of rotatable bonds is 8. The molecule has 0 fully saturated rings. The third-order valence-electron chi connectivity index (χ3n) is 4.34. The number of nitrogens with one attached hydrogen (secondary N) is 1. The highest BCUT2D eigenvalue weighted by molar-refractivity contribution is 7.90. The Hall–Kier alpha value is -1.65. The normalized spacial score (nSPS) is 13.0. The van der Waals surface area contributed by atoms with Gasteiger partial charge in [0.15, 0.2) is 9.84 Å². The quantitative estimate of drug-likeness (QED) is 0.737. The number of hydrogen-bond donors (Lipinski definition) is 1. The van der Waals surface area contributed by atoms with Gasteiger partial charge in [-0.2, -0.15) is 0 Å². The van der Waals surface area contributed by atoms with Crippen LogP contribution in [-0.2, 0) is 15.6 Å². The van der Waals surface area contributed by atoms with E-state index in [0.717, 1.165) is 5.56 Å². The zero-order valence-electron chi connectivity index (χ0n) is 14.7. The molecule has 3 nitrogen and oxygen atoms in total. The molecule has 2 aromatic carbocycles. The number of aryl methyl sites for hydroxylation is 2. The number of benzene rings is 2. The van der Waals surface area contributed by atoms with Crippen LogP contribution < -0.4 is 5.32 Å². The molecule has 0 aromatic heterocycles. The van der Waals surface area contributed by atoms with Gasteiger partial charge in [-0.1, -0.05) is 48.5 Å². The largest absolute Gasteiger partial charge is 0.310 e. The molecule has 0 amide bonds. The summed E-state index contributed by atoms with van der Waals surface area (Å²) in [6.45, 7) is 7.03. The summed E-state index contributed by atoms with van der Waals surface area (Å²) < 4.78 is 24.3. The van der Waals surface area contributed by atoms with E-state index in [1.807, 2.05) is 30.3 Å². The Morgan fingerprint density at radius 2 is 1.71 bits per heavy atom. The average molecular weight is 346 g/mol. The summed E-state index contributed by atoms with van der Waals surface area (Å²) in [6, 6.07) is 16.0.